The molecule has 0 atom stereocenters. The molecule has 0 saturated carbocycles. The fraction of sp³-hybridized carbons (Fsp3) is 0.0769. The molecule has 2 heterocycles. The van der Waals surface area contributed by atoms with Gasteiger partial charge in [0.15, 0.2) is 0 Å². The highest BCUT2D eigenvalue weighted by atomic mass is 79.9. The fourth-order valence-corrected chi connectivity index (χ4v) is 4.68. The van der Waals surface area contributed by atoms with Gasteiger partial charge in [0.2, 0.25) is 10.0 Å². The molecule has 1 aromatic carbocycles. The Hall–Kier alpha value is -1.65. The molecule has 0 aliphatic carbocycles. The van der Waals surface area contributed by atoms with Crippen LogP contribution in [0.2, 0.25) is 0 Å². The number of urea groups is 1. The number of amides is 2. The van der Waals surface area contributed by atoms with Crippen LogP contribution in [-0.4, -0.2) is 19.4 Å². The monoisotopic (exact) mass is 460 g/mol. The Morgan fingerprint density at radius 3 is 2.61 bits per heavy atom. The lowest BCUT2D eigenvalue weighted by Crippen LogP contribution is -2.32. The number of nitrogens with two attached hydrogens (primary N) is 1. The molecule has 1 aliphatic rings. The quantitative estimate of drug-likeness (QED) is 0.670. The first-order valence-corrected chi connectivity index (χ1v) is 9.56. The van der Waals surface area contributed by atoms with Crippen molar-refractivity contribution in [3.8, 4) is 0 Å². The third-order valence-corrected chi connectivity index (χ3v) is 5.79. The molecule has 0 radical (unpaired) electrons. The maximum Gasteiger partial charge on any atom is 0.324 e. The minimum atomic E-state index is -3.51. The molecule has 0 fully saturated rings. The van der Waals surface area contributed by atoms with Gasteiger partial charge in [-0.2, -0.15) is 0 Å². The van der Waals surface area contributed by atoms with Crippen molar-refractivity contribution in [2.45, 2.75) is 5.75 Å². The van der Waals surface area contributed by atoms with Crippen molar-refractivity contribution in [2.75, 3.05) is 9.62 Å². The number of para-hydroxylation sites is 1. The van der Waals surface area contributed by atoms with E-state index >= 15 is 0 Å². The lowest BCUT2D eigenvalue weighted by molar-refractivity contribution is 0.256. The van der Waals surface area contributed by atoms with Crippen LogP contribution in [0.15, 0.2) is 39.5 Å². The molecule has 7 nitrogen and oxygen atoms in total. The number of anilines is 3. The van der Waals surface area contributed by atoms with E-state index in [1.54, 1.807) is 24.3 Å². The SMILES string of the molecule is NC(=O)N(c1ccccc1Br)c1cnc(Br)c2c1NS(=O)(=O)C2. The molecule has 2 amide bonds. The topological polar surface area (TPSA) is 105 Å². The molecule has 1 aromatic heterocycles. The number of nitrogens with one attached hydrogen (secondary N) is 1. The number of sulfonamides is 1. The third-order valence-electron chi connectivity index (χ3n) is 3.25. The van der Waals surface area contributed by atoms with Gasteiger partial charge in [0, 0.05) is 10.0 Å². The number of aromatic nitrogens is 1. The highest BCUT2D eigenvalue weighted by Gasteiger charge is 2.32. The Balaban J connectivity index is 2.23. The van der Waals surface area contributed by atoms with Crippen LogP contribution in [0.3, 0.4) is 0 Å². The van der Waals surface area contributed by atoms with E-state index < -0.39 is 16.1 Å². The van der Waals surface area contributed by atoms with Gasteiger partial charge in [-0.05, 0) is 44.0 Å². The number of hydrogen-bond donors (Lipinski definition) is 2. The zero-order chi connectivity index (χ0) is 16.8. The van der Waals surface area contributed by atoms with Crippen molar-refractivity contribution in [1.29, 1.82) is 0 Å². The van der Waals surface area contributed by atoms with Gasteiger partial charge in [0.05, 0.1) is 29.0 Å². The highest BCUT2D eigenvalue weighted by molar-refractivity contribution is 9.10. The van der Waals surface area contributed by atoms with E-state index in [1.807, 2.05) is 0 Å². The first-order chi connectivity index (χ1) is 10.8. The summed E-state index contributed by atoms with van der Waals surface area (Å²) in [6.07, 6.45) is 1.39. The van der Waals surface area contributed by atoms with E-state index in [0.717, 1.165) is 0 Å². The zero-order valence-electron chi connectivity index (χ0n) is 11.5. The van der Waals surface area contributed by atoms with E-state index in [2.05, 4.69) is 41.6 Å². The number of benzene rings is 1. The summed E-state index contributed by atoms with van der Waals surface area (Å²) in [6.45, 7) is 0. The minimum Gasteiger partial charge on any atom is -0.351 e. The summed E-state index contributed by atoms with van der Waals surface area (Å²) >= 11 is 6.59. The maximum absolute atomic E-state index is 12.0. The number of carbonyl (C=O) groups excluding carboxylic acids is 1. The number of halogens is 2. The molecule has 1 aliphatic heterocycles. The molecule has 0 unspecified atom stereocenters. The van der Waals surface area contributed by atoms with Crippen LogP contribution < -0.4 is 15.4 Å². The van der Waals surface area contributed by atoms with Gasteiger partial charge in [-0.15, -0.1) is 0 Å². The average Bonchev–Trinajstić information content (AvgIpc) is 2.80. The normalized spacial score (nSPS) is 14.9. The summed E-state index contributed by atoms with van der Waals surface area (Å²) in [6, 6.07) is 6.22. The summed E-state index contributed by atoms with van der Waals surface area (Å²) < 4.78 is 27.3. The molecular formula is C13H10Br2N4O3S. The molecule has 0 bridgehead atoms. The van der Waals surface area contributed by atoms with Gasteiger partial charge in [-0.3, -0.25) is 9.62 Å². The minimum absolute atomic E-state index is 0.216. The van der Waals surface area contributed by atoms with E-state index in [1.165, 1.54) is 11.1 Å². The molecule has 0 spiro atoms. The highest BCUT2D eigenvalue weighted by Crippen LogP contribution is 2.42. The standard InChI is InChI=1S/C13H10Br2N4O3S/c14-8-3-1-2-4-9(8)19(13(16)20)10-5-17-12(15)7-6-23(21,22)18-11(7)10/h1-5,18H,6H2,(H2,16,20). The fourth-order valence-electron chi connectivity index (χ4n) is 2.32. The second kappa shape index (κ2) is 5.77. The van der Waals surface area contributed by atoms with E-state index in [4.69, 9.17) is 5.73 Å². The molecular weight excluding hydrogens is 452 g/mol. The summed E-state index contributed by atoms with van der Waals surface area (Å²) in [5.74, 6) is -0.216. The first-order valence-electron chi connectivity index (χ1n) is 6.32. The molecule has 120 valence electrons. The van der Waals surface area contributed by atoms with Crippen LogP contribution in [0.1, 0.15) is 5.56 Å². The van der Waals surface area contributed by atoms with Crippen molar-refractivity contribution >= 4 is 65.0 Å². The van der Waals surface area contributed by atoms with E-state index in [9.17, 15) is 13.2 Å². The van der Waals surface area contributed by atoms with Crippen LogP contribution in [0.5, 0.6) is 0 Å². The second-order valence-corrected chi connectivity index (χ2v) is 8.10. The zero-order valence-corrected chi connectivity index (χ0v) is 15.4. The van der Waals surface area contributed by atoms with E-state index in [0.29, 0.717) is 26.0 Å². The third kappa shape index (κ3) is 2.93. The summed E-state index contributed by atoms with van der Waals surface area (Å²) in [5, 5.41) is 0. The second-order valence-electron chi connectivity index (χ2n) is 4.77. The van der Waals surface area contributed by atoms with Gasteiger partial charge >= 0.3 is 6.03 Å². The van der Waals surface area contributed by atoms with Crippen molar-refractivity contribution < 1.29 is 13.2 Å². The van der Waals surface area contributed by atoms with Crippen molar-refractivity contribution in [3.05, 3.63) is 45.1 Å². The Labute approximate surface area is 149 Å². The van der Waals surface area contributed by atoms with Crippen molar-refractivity contribution in [1.82, 2.24) is 4.98 Å². The summed E-state index contributed by atoms with van der Waals surface area (Å²) in [7, 11) is -3.51. The number of hydrogen-bond acceptors (Lipinski definition) is 4. The van der Waals surface area contributed by atoms with Gasteiger partial charge in [0.25, 0.3) is 0 Å². The van der Waals surface area contributed by atoms with Gasteiger partial charge in [-0.1, -0.05) is 12.1 Å². The number of primary amides is 1. The number of carbonyl (C=O) groups is 1. The molecule has 2 aromatic rings. The van der Waals surface area contributed by atoms with Crippen LogP contribution >= 0.6 is 31.9 Å². The predicted molar refractivity (Wildman–Crippen MR) is 94.0 cm³/mol. The summed E-state index contributed by atoms with van der Waals surface area (Å²) in [4.78, 5) is 17.3. The number of nitrogens with zero attached hydrogens (tertiary/aromatic N) is 2. The Morgan fingerprint density at radius 1 is 1.26 bits per heavy atom. The Bertz CT molecular complexity index is 917. The molecule has 3 N–H and O–H groups in total. The molecule has 0 saturated heterocycles. The summed E-state index contributed by atoms with van der Waals surface area (Å²) in [5.41, 5.74) is 7.02. The largest absolute Gasteiger partial charge is 0.351 e. The average molecular weight is 462 g/mol. The number of fused-ring (bicyclic) bond motifs is 1. The van der Waals surface area contributed by atoms with Crippen LogP contribution in [0.25, 0.3) is 0 Å². The van der Waals surface area contributed by atoms with Gasteiger partial charge in [0.1, 0.15) is 4.60 Å². The lowest BCUT2D eigenvalue weighted by Gasteiger charge is -2.23. The van der Waals surface area contributed by atoms with Crippen LogP contribution in [0, 0.1) is 0 Å². The number of rotatable bonds is 2. The molecule has 10 heteroatoms. The van der Waals surface area contributed by atoms with E-state index in [-0.39, 0.29) is 11.4 Å². The molecule has 23 heavy (non-hydrogen) atoms. The maximum atomic E-state index is 12.0. The van der Waals surface area contributed by atoms with Gasteiger partial charge < -0.3 is 5.73 Å². The Kier molecular flexibility index (Phi) is 4.07. The lowest BCUT2D eigenvalue weighted by atomic mass is 10.2. The van der Waals surface area contributed by atoms with Crippen LogP contribution in [-0.2, 0) is 15.8 Å². The number of pyridine rings is 1. The van der Waals surface area contributed by atoms with Crippen LogP contribution in [0.4, 0.5) is 21.9 Å². The Morgan fingerprint density at radius 2 is 1.96 bits per heavy atom. The smallest absolute Gasteiger partial charge is 0.324 e. The van der Waals surface area contributed by atoms with Crippen molar-refractivity contribution in [3.63, 3.8) is 0 Å². The molecule has 3 rings (SSSR count). The van der Waals surface area contributed by atoms with Crippen molar-refractivity contribution in [2.24, 2.45) is 5.73 Å². The first kappa shape index (κ1) is 16.2. The van der Waals surface area contributed by atoms with Gasteiger partial charge in [-0.25, -0.2) is 18.2 Å². The predicted octanol–water partition coefficient (Wildman–Crippen LogP) is 3.08.